The first-order valence-electron chi connectivity index (χ1n) is 7.51. The Morgan fingerprint density at radius 2 is 2.00 bits per heavy atom. The molecule has 1 aromatic carbocycles. The number of hydrogen-bond donors (Lipinski definition) is 2. The first kappa shape index (κ1) is 16.6. The van der Waals surface area contributed by atoms with Crippen molar-refractivity contribution in [3.05, 3.63) is 69.3 Å². The lowest BCUT2D eigenvalue weighted by Gasteiger charge is -2.07. The number of nitrogens with zero attached hydrogens (tertiary/aromatic N) is 2. The second kappa shape index (κ2) is 6.68. The molecule has 2 aromatic heterocycles. The molecule has 8 heteroatoms. The van der Waals surface area contributed by atoms with Gasteiger partial charge in [-0.1, -0.05) is 0 Å². The van der Waals surface area contributed by atoms with Gasteiger partial charge >= 0.3 is 5.63 Å². The second-order valence-corrected chi connectivity index (χ2v) is 5.47. The molecule has 1 amide bonds. The summed E-state index contributed by atoms with van der Waals surface area (Å²) in [5.74, 6) is 0.389. The van der Waals surface area contributed by atoms with Crippen molar-refractivity contribution in [1.82, 2.24) is 20.5 Å². The Morgan fingerprint density at radius 3 is 2.68 bits per heavy atom. The maximum absolute atomic E-state index is 12.9. The van der Waals surface area contributed by atoms with Crippen LogP contribution in [0.5, 0.6) is 0 Å². The lowest BCUT2D eigenvalue weighted by Crippen LogP contribution is -2.26. The molecule has 0 aliphatic carbocycles. The summed E-state index contributed by atoms with van der Waals surface area (Å²) in [5, 5.41) is 9.46. The van der Waals surface area contributed by atoms with E-state index >= 15 is 0 Å². The van der Waals surface area contributed by atoms with E-state index in [1.165, 1.54) is 18.2 Å². The van der Waals surface area contributed by atoms with E-state index in [2.05, 4.69) is 20.5 Å². The number of amides is 1. The SMILES string of the molecule is Cc1cc(=O)oc(C)c1C(=O)NCc1nc(-c2ccc(F)cc2)n[nH]1. The highest BCUT2D eigenvalue weighted by Gasteiger charge is 2.15. The summed E-state index contributed by atoms with van der Waals surface area (Å²) in [6.45, 7) is 3.34. The van der Waals surface area contributed by atoms with Gasteiger partial charge in [-0.15, -0.1) is 0 Å². The maximum atomic E-state index is 12.9. The van der Waals surface area contributed by atoms with E-state index in [1.54, 1.807) is 26.0 Å². The van der Waals surface area contributed by atoms with Crippen LogP contribution in [0.3, 0.4) is 0 Å². The highest BCUT2D eigenvalue weighted by atomic mass is 19.1. The Labute approximate surface area is 141 Å². The quantitative estimate of drug-likeness (QED) is 0.756. The van der Waals surface area contributed by atoms with Crippen molar-refractivity contribution in [2.75, 3.05) is 0 Å². The Kier molecular flexibility index (Phi) is 4.42. The summed E-state index contributed by atoms with van der Waals surface area (Å²) in [6.07, 6.45) is 0. The number of rotatable bonds is 4. The summed E-state index contributed by atoms with van der Waals surface area (Å²) >= 11 is 0. The minimum Gasteiger partial charge on any atom is -0.427 e. The average Bonchev–Trinajstić information content (AvgIpc) is 3.01. The summed E-state index contributed by atoms with van der Waals surface area (Å²) in [6, 6.07) is 7.05. The number of benzene rings is 1. The molecule has 3 rings (SSSR count). The van der Waals surface area contributed by atoms with Crippen molar-refractivity contribution in [3.8, 4) is 11.4 Å². The number of aromatic nitrogens is 3. The summed E-state index contributed by atoms with van der Waals surface area (Å²) in [7, 11) is 0. The van der Waals surface area contributed by atoms with E-state index in [0.29, 0.717) is 28.3 Å². The number of halogens is 1. The minimum atomic E-state index is -0.495. The Balaban J connectivity index is 1.71. The Bertz CT molecular complexity index is 950. The zero-order chi connectivity index (χ0) is 18.0. The smallest absolute Gasteiger partial charge is 0.336 e. The molecule has 25 heavy (non-hydrogen) atoms. The molecule has 0 aliphatic heterocycles. The Hall–Kier alpha value is -3.29. The van der Waals surface area contributed by atoms with Gasteiger partial charge in [-0.3, -0.25) is 9.89 Å². The van der Waals surface area contributed by atoms with Crippen LogP contribution in [0.25, 0.3) is 11.4 Å². The van der Waals surface area contributed by atoms with Gasteiger partial charge in [0.25, 0.3) is 5.91 Å². The van der Waals surface area contributed by atoms with Crippen LogP contribution in [0, 0.1) is 19.7 Å². The van der Waals surface area contributed by atoms with Crippen LogP contribution in [0.4, 0.5) is 4.39 Å². The van der Waals surface area contributed by atoms with Crippen LogP contribution in [0.2, 0.25) is 0 Å². The molecule has 0 fully saturated rings. The maximum Gasteiger partial charge on any atom is 0.336 e. The second-order valence-electron chi connectivity index (χ2n) is 5.47. The predicted molar refractivity (Wildman–Crippen MR) is 87.4 cm³/mol. The number of aryl methyl sites for hydroxylation is 2. The highest BCUT2D eigenvalue weighted by molar-refractivity contribution is 5.96. The monoisotopic (exact) mass is 342 g/mol. The van der Waals surface area contributed by atoms with E-state index in [4.69, 9.17) is 4.42 Å². The van der Waals surface area contributed by atoms with Crippen LogP contribution in [-0.4, -0.2) is 21.1 Å². The minimum absolute atomic E-state index is 0.116. The van der Waals surface area contributed by atoms with E-state index in [-0.39, 0.29) is 24.0 Å². The molecule has 0 unspecified atom stereocenters. The van der Waals surface area contributed by atoms with Crippen molar-refractivity contribution in [1.29, 1.82) is 0 Å². The van der Waals surface area contributed by atoms with Gasteiger partial charge < -0.3 is 9.73 Å². The fraction of sp³-hybridized carbons (Fsp3) is 0.176. The van der Waals surface area contributed by atoms with Crippen LogP contribution < -0.4 is 10.9 Å². The van der Waals surface area contributed by atoms with Crippen molar-refractivity contribution in [2.45, 2.75) is 20.4 Å². The summed E-state index contributed by atoms with van der Waals surface area (Å²) in [5.41, 5.74) is 1.02. The fourth-order valence-corrected chi connectivity index (χ4v) is 2.45. The van der Waals surface area contributed by atoms with Gasteiger partial charge in [-0.05, 0) is 43.7 Å². The normalized spacial score (nSPS) is 10.7. The number of nitrogens with one attached hydrogen (secondary N) is 2. The topological polar surface area (TPSA) is 101 Å². The molecule has 0 radical (unpaired) electrons. The molecule has 0 spiro atoms. The number of carbonyl (C=O) groups excluding carboxylic acids is 1. The molecule has 3 aromatic rings. The molecule has 0 bridgehead atoms. The predicted octanol–water partition coefficient (Wildman–Crippen LogP) is 2.11. The van der Waals surface area contributed by atoms with Crippen molar-refractivity contribution in [2.24, 2.45) is 0 Å². The third-order valence-electron chi connectivity index (χ3n) is 3.61. The lowest BCUT2D eigenvalue weighted by molar-refractivity contribution is 0.0945. The van der Waals surface area contributed by atoms with Crippen molar-refractivity contribution >= 4 is 5.91 Å². The molecule has 128 valence electrons. The zero-order valence-electron chi connectivity index (χ0n) is 13.6. The van der Waals surface area contributed by atoms with Crippen LogP contribution in [-0.2, 0) is 6.54 Å². The first-order chi connectivity index (χ1) is 11.9. The van der Waals surface area contributed by atoms with Crippen LogP contribution >= 0.6 is 0 Å². The van der Waals surface area contributed by atoms with E-state index in [0.717, 1.165) is 0 Å². The van der Waals surface area contributed by atoms with Gasteiger partial charge in [0.1, 0.15) is 17.4 Å². The largest absolute Gasteiger partial charge is 0.427 e. The molecule has 0 saturated heterocycles. The number of hydrogen-bond acceptors (Lipinski definition) is 5. The average molecular weight is 342 g/mol. The third kappa shape index (κ3) is 3.63. The number of aromatic amines is 1. The van der Waals surface area contributed by atoms with Crippen molar-refractivity contribution in [3.63, 3.8) is 0 Å². The molecule has 2 heterocycles. The van der Waals surface area contributed by atoms with E-state index in [1.807, 2.05) is 0 Å². The van der Waals surface area contributed by atoms with Gasteiger partial charge in [-0.25, -0.2) is 14.2 Å². The lowest BCUT2D eigenvalue weighted by atomic mass is 10.1. The standard InChI is InChI=1S/C17H15FN4O3/c1-9-7-14(23)25-10(2)15(9)17(24)19-8-13-20-16(22-21-13)11-3-5-12(18)6-4-11/h3-7H,8H2,1-2H3,(H,19,24)(H,20,21,22). The molecule has 0 saturated carbocycles. The molecule has 0 atom stereocenters. The van der Waals surface area contributed by atoms with Gasteiger partial charge in [0.15, 0.2) is 5.82 Å². The molecule has 2 N–H and O–H groups in total. The van der Waals surface area contributed by atoms with Gasteiger partial charge in [0.05, 0.1) is 12.1 Å². The third-order valence-corrected chi connectivity index (χ3v) is 3.61. The van der Waals surface area contributed by atoms with Crippen molar-refractivity contribution < 1.29 is 13.6 Å². The first-order valence-corrected chi connectivity index (χ1v) is 7.51. The van der Waals surface area contributed by atoms with Gasteiger partial charge in [-0.2, -0.15) is 5.10 Å². The highest BCUT2D eigenvalue weighted by Crippen LogP contribution is 2.15. The summed E-state index contributed by atoms with van der Waals surface area (Å²) in [4.78, 5) is 27.8. The van der Waals surface area contributed by atoms with Crippen LogP contribution in [0.1, 0.15) is 27.5 Å². The zero-order valence-corrected chi connectivity index (χ0v) is 13.6. The van der Waals surface area contributed by atoms with Gasteiger partial charge in [0.2, 0.25) is 0 Å². The fourth-order valence-electron chi connectivity index (χ4n) is 2.45. The number of H-pyrrole nitrogens is 1. The molecule has 7 nitrogen and oxygen atoms in total. The number of carbonyl (C=O) groups is 1. The van der Waals surface area contributed by atoms with E-state index in [9.17, 15) is 14.0 Å². The molecular weight excluding hydrogens is 327 g/mol. The van der Waals surface area contributed by atoms with Gasteiger partial charge in [0, 0.05) is 11.6 Å². The summed E-state index contributed by atoms with van der Waals surface area (Å²) < 4.78 is 17.9. The van der Waals surface area contributed by atoms with E-state index < -0.39 is 5.63 Å². The molecular formula is C17H15FN4O3. The molecule has 0 aliphatic rings. The van der Waals surface area contributed by atoms with Crippen LogP contribution in [0.15, 0.2) is 39.5 Å². The Morgan fingerprint density at radius 1 is 1.28 bits per heavy atom.